The van der Waals surface area contributed by atoms with Crippen LogP contribution in [0.15, 0.2) is 15.4 Å². The molecule has 0 spiro atoms. The molecular weight excluding hydrogens is 292 g/mol. The molecule has 1 rings (SSSR count). The zero-order valence-electron chi connectivity index (χ0n) is 13.1. The Bertz CT molecular complexity index is 511. The van der Waals surface area contributed by atoms with Gasteiger partial charge in [0.15, 0.2) is 0 Å². The molecule has 0 aromatic carbocycles. The van der Waals surface area contributed by atoms with E-state index >= 15 is 0 Å². The molecule has 1 aromatic rings. The van der Waals surface area contributed by atoms with Gasteiger partial charge in [0, 0.05) is 26.3 Å². The average molecular weight is 318 g/mol. The summed E-state index contributed by atoms with van der Waals surface area (Å²) in [6.45, 7) is 6.20. The van der Waals surface area contributed by atoms with E-state index in [-0.39, 0.29) is 4.90 Å². The highest BCUT2D eigenvalue weighted by Crippen LogP contribution is 2.19. The second kappa shape index (κ2) is 9.19. The maximum Gasteiger partial charge on any atom is 0.244 e. The van der Waals surface area contributed by atoms with Crippen LogP contribution in [-0.2, 0) is 21.3 Å². The van der Waals surface area contributed by atoms with Gasteiger partial charge < -0.3 is 14.5 Å². The number of furan rings is 1. The van der Waals surface area contributed by atoms with Crippen molar-refractivity contribution in [1.82, 2.24) is 10.0 Å². The normalized spacial score (nSPS) is 12.0. The fourth-order valence-corrected chi connectivity index (χ4v) is 3.20. The molecule has 0 radical (unpaired) electrons. The van der Waals surface area contributed by atoms with E-state index in [0.717, 1.165) is 25.8 Å². The molecule has 1 heterocycles. The first-order valence-corrected chi connectivity index (χ1v) is 8.78. The summed E-state index contributed by atoms with van der Waals surface area (Å²) in [6, 6.07) is 1.59. The number of hydrogen-bond acceptors (Lipinski definition) is 5. The highest BCUT2D eigenvalue weighted by atomic mass is 32.2. The number of sulfonamides is 1. The van der Waals surface area contributed by atoms with Gasteiger partial charge in [0.25, 0.3) is 0 Å². The molecule has 0 unspecified atom stereocenters. The van der Waals surface area contributed by atoms with E-state index in [1.807, 2.05) is 0 Å². The van der Waals surface area contributed by atoms with E-state index in [1.54, 1.807) is 20.1 Å². The molecule has 21 heavy (non-hydrogen) atoms. The van der Waals surface area contributed by atoms with Crippen molar-refractivity contribution in [3.05, 3.63) is 17.6 Å². The van der Waals surface area contributed by atoms with Crippen LogP contribution in [0.5, 0.6) is 0 Å². The van der Waals surface area contributed by atoms with Gasteiger partial charge in [-0.25, -0.2) is 13.1 Å². The first kappa shape index (κ1) is 18.2. The number of unbranched alkanes of at least 4 members (excludes halogenated alkanes) is 1. The summed E-state index contributed by atoms with van der Waals surface area (Å²) in [7, 11) is -1.87. The summed E-state index contributed by atoms with van der Waals surface area (Å²) in [5.41, 5.74) is 0. The molecule has 0 amide bonds. The molecule has 0 aliphatic rings. The standard InChI is InChI=1S/C14H26N2O4S/c1-4-7-15-11-13-10-14(12(2)20-13)21(17,18)16-8-5-6-9-19-3/h10,15-16H,4-9,11H2,1-3H3. The molecule has 0 aliphatic heterocycles. The minimum atomic E-state index is -3.50. The molecule has 0 saturated heterocycles. The third kappa shape index (κ3) is 6.17. The number of aryl methyl sites for hydroxylation is 1. The maximum atomic E-state index is 12.2. The van der Waals surface area contributed by atoms with Crippen molar-refractivity contribution >= 4 is 10.0 Å². The Hall–Kier alpha value is -0.890. The van der Waals surface area contributed by atoms with Crippen LogP contribution in [0.2, 0.25) is 0 Å². The molecule has 0 atom stereocenters. The molecule has 1 aromatic heterocycles. The average Bonchev–Trinajstić information content (AvgIpc) is 2.81. The number of methoxy groups -OCH3 is 1. The Kier molecular flexibility index (Phi) is 7.95. The van der Waals surface area contributed by atoms with Gasteiger partial charge in [0.05, 0.1) is 6.54 Å². The Morgan fingerprint density at radius 3 is 2.71 bits per heavy atom. The molecule has 2 N–H and O–H groups in total. The highest BCUT2D eigenvalue weighted by Gasteiger charge is 2.20. The van der Waals surface area contributed by atoms with Crippen LogP contribution < -0.4 is 10.0 Å². The van der Waals surface area contributed by atoms with Gasteiger partial charge in [-0.3, -0.25) is 0 Å². The minimum Gasteiger partial charge on any atom is -0.464 e. The van der Waals surface area contributed by atoms with E-state index in [1.165, 1.54) is 0 Å². The van der Waals surface area contributed by atoms with Gasteiger partial charge in [-0.2, -0.15) is 0 Å². The quantitative estimate of drug-likeness (QED) is 0.608. The highest BCUT2D eigenvalue weighted by molar-refractivity contribution is 7.89. The molecular formula is C14H26N2O4S. The molecule has 6 nitrogen and oxygen atoms in total. The van der Waals surface area contributed by atoms with Crippen LogP contribution in [0.3, 0.4) is 0 Å². The first-order chi connectivity index (χ1) is 10.0. The summed E-state index contributed by atoms with van der Waals surface area (Å²) in [5.74, 6) is 1.06. The van der Waals surface area contributed by atoms with Crippen LogP contribution in [0.4, 0.5) is 0 Å². The molecule has 0 bridgehead atoms. The van der Waals surface area contributed by atoms with E-state index in [9.17, 15) is 8.42 Å². The van der Waals surface area contributed by atoms with Crippen LogP contribution >= 0.6 is 0 Å². The van der Waals surface area contributed by atoms with Gasteiger partial charge in [-0.05, 0) is 32.7 Å². The number of rotatable bonds is 11. The van der Waals surface area contributed by atoms with Crippen LogP contribution in [0, 0.1) is 6.92 Å². The second-order valence-electron chi connectivity index (χ2n) is 4.91. The molecule has 0 aliphatic carbocycles. The lowest BCUT2D eigenvalue weighted by Gasteiger charge is -2.05. The largest absolute Gasteiger partial charge is 0.464 e. The van der Waals surface area contributed by atoms with Crippen molar-refractivity contribution in [2.45, 2.75) is 44.6 Å². The fourth-order valence-electron chi connectivity index (χ4n) is 1.92. The second-order valence-corrected chi connectivity index (χ2v) is 6.64. The third-order valence-electron chi connectivity index (χ3n) is 3.01. The zero-order valence-corrected chi connectivity index (χ0v) is 13.9. The van der Waals surface area contributed by atoms with Crippen molar-refractivity contribution in [1.29, 1.82) is 0 Å². The summed E-state index contributed by atoms with van der Waals surface area (Å²) in [5, 5.41) is 3.19. The van der Waals surface area contributed by atoms with E-state index in [4.69, 9.17) is 9.15 Å². The molecule has 0 fully saturated rings. The number of nitrogens with one attached hydrogen (secondary N) is 2. The van der Waals surface area contributed by atoms with Gasteiger partial charge in [-0.1, -0.05) is 6.92 Å². The van der Waals surface area contributed by atoms with Gasteiger partial charge >= 0.3 is 0 Å². The van der Waals surface area contributed by atoms with Crippen molar-refractivity contribution < 1.29 is 17.6 Å². The Labute approximate surface area is 127 Å². The Balaban J connectivity index is 2.57. The lowest BCUT2D eigenvalue weighted by Crippen LogP contribution is -2.25. The topological polar surface area (TPSA) is 80.6 Å². The minimum absolute atomic E-state index is 0.225. The van der Waals surface area contributed by atoms with Crippen LogP contribution in [0.25, 0.3) is 0 Å². The van der Waals surface area contributed by atoms with Crippen LogP contribution in [0.1, 0.15) is 37.7 Å². The summed E-state index contributed by atoms with van der Waals surface area (Å²) in [4.78, 5) is 0.225. The zero-order chi connectivity index (χ0) is 15.7. The summed E-state index contributed by atoms with van der Waals surface area (Å²) >= 11 is 0. The Morgan fingerprint density at radius 1 is 1.29 bits per heavy atom. The third-order valence-corrected chi connectivity index (χ3v) is 4.57. The van der Waals surface area contributed by atoms with Crippen LogP contribution in [-0.4, -0.2) is 35.2 Å². The summed E-state index contributed by atoms with van der Waals surface area (Å²) < 4.78 is 37.4. The molecule has 122 valence electrons. The maximum absolute atomic E-state index is 12.2. The van der Waals surface area contributed by atoms with E-state index in [2.05, 4.69) is 17.0 Å². The van der Waals surface area contributed by atoms with Gasteiger partial charge in [0.1, 0.15) is 16.4 Å². The van der Waals surface area contributed by atoms with Crippen molar-refractivity contribution in [3.8, 4) is 0 Å². The van der Waals surface area contributed by atoms with Crippen molar-refractivity contribution in [2.24, 2.45) is 0 Å². The van der Waals surface area contributed by atoms with Gasteiger partial charge in [0.2, 0.25) is 10.0 Å². The van der Waals surface area contributed by atoms with Crippen molar-refractivity contribution in [3.63, 3.8) is 0 Å². The van der Waals surface area contributed by atoms with Crippen molar-refractivity contribution in [2.75, 3.05) is 26.8 Å². The summed E-state index contributed by atoms with van der Waals surface area (Å²) in [6.07, 6.45) is 2.60. The lowest BCUT2D eigenvalue weighted by atomic mass is 10.3. The first-order valence-electron chi connectivity index (χ1n) is 7.30. The fraction of sp³-hybridized carbons (Fsp3) is 0.714. The molecule has 7 heteroatoms. The predicted molar refractivity (Wildman–Crippen MR) is 81.7 cm³/mol. The molecule has 0 saturated carbocycles. The van der Waals surface area contributed by atoms with Gasteiger partial charge in [-0.15, -0.1) is 0 Å². The smallest absolute Gasteiger partial charge is 0.244 e. The predicted octanol–water partition coefficient (Wildman–Crippen LogP) is 1.79. The Morgan fingerprint density at radius 2 is 2.05 bits per heavy atom. The van der Waals surface area contributed by atoms with E-state index in [0.29, 0.717) is 31.2 Å². The SMILES string of the molecule is CCCNCc1cc(S(=O)(=O)NCCCCOC)c(C)o1. The number of ether oxygens (including phenoxy) is 1. The lowest BCUT2D eigenvalue weighted by molar-refractivity contribution is 0.193. The monoisotopic (exact) mass is 318 g/mol. The number of hydrogen-bond donors (Lipinski definition) is 2. The van der Waals surface area contributed by atoms with E-state index < -0.39 is 10.0 Å².